The Kier molecular flexibility index (Phi) is 6.34. The number of carbonyl (C=O) groups is 1. The van der Waals surface area contributed by atoms with Crippen molar-refractivity contribution in [2.24, 2.45) is 0 Å². The summed E-state index contributed by atoms with van der Waals surface area (Å²) in [6.45, 7) is 0. The number of carboxylic acid groups (broad SMARTS) is 1. The van der Waals surface area contributed by atoms with Crippen LogP contribution in [0.25, 0.3) is 21.9 Å². The molecule has 2 atom stereocenters. The number of unbranched alkanes of at least 4 members (excludes halogenated alkanes) is 1. The van der Waals surface area contributed by atoms with E-state index >= 15 is 0 Å². The SMILES string of the molecule is O=C(O)C(CCCCc1ccccc1)N(c1ccc2oc3ccccc3c2c1)S(=O)O. The molecule has 1 heterocycles. The summed E-state index contributed by atoms with van der Waals surface area (Å²) < 4.78 is 29.0. The minimum Gasteiger partial charge on any atom is -0.480 e. The zero-order chi connectivity index (χ0) is 21.8. The molecule has 0 bridgehead atoms. The lowest BCUT2D eigenvalue weighted by molar-refractivity contribution is -0.138. The molecule has 2 unspecified atom stereocenters. The lowest BCUT2D eigenvalue weighted by atomic mass is 10.0. The summed E-state index contributed by atoms with van der Waals surface area (Å²) in [7, 11) is 0. The number of rotatable bonds is 9. The van der Waals surface area contributed by atoms with E-state index in [1.165, 1.54) is 5.56 Å². The third-order valence-corrected chi connectivity index (χ3v) is 6.19. The van der Waals surface area contributed by atoms with Crippen molar-refractivity contribution < 1.29 is 23.1 Å². The van der Waals surface area contributed by atoms with Crippen molar-refractivity contribution in [2.45, 2.75) is 31.7 Å². The molecule has 3 aromatic carbocycles. The molecule has 0 amide bonds. The maximum absolute atomic E-state index is 12.2. The summed E-state index contributed by atoms with van der Waals surface area (Å²) in [6.07, 6.45) is 2.52. The second-order valence-corrected chi connectivity index (χ2v) is 8.28. The molecule has 31 heavy (non-hydrogen) atoms. The van der Waals surface area contributed by atoms with E-state index in [1.54, 1.807) is 18.2 Å². The molecule has 0 radical (unpaired) electrons. The van der Waals surface area contributed by atoms with Gasteiger partial charge in [-0.2, -0.15) is 0 Å². The summed E-state index contributed by atoms with van der Waals surface area (Å²) in [5, 5.41) is 11.5. The van der Waals surface area contributed by atoms with E-state index in [2.05, 4.69) is 0 Å². The van der Waals surface area contributed by atoms with Gasteiger partial charge < -0.3 is 9.52 Å². The first-order valence-corrected chi connectivity index (χ1v) is 11.2. The quantitative estimate of drug-likeness (QED) is 0.270. The normalized spacial score (nSPS) is 13.3. The lowest BCUT2D eigenvalue weighted by Crippen LogP contribution is -2.42. The Bertz CT molecular complexity index is 1220. The zero-order valence-corrected chi connectivity index (χ0v) is 17.6. The number of furan rings is 1. The van der Waals surface area contributed by atoms with E-state index in [-0.39, 0.29) is 6.42 Å². The van der Waals surface area contributed by atoms with Gasteiger partial charge in [0.1, 0.15) is 17.2 Å². The first-order chi connectivity index (χ1) is 15.0. The average molecular weight is 438 g/mol. The Morgan fingerprint density at radius 1 is 0.935 bits per heavy atom. The lowest BCUT2D eigenvalue weighted by Gasteiger charge is -2.27. The monoisotopic (exact) mass is 437 g/mol. The van der Waals surface area contributed by atoms with Gasteiger partial charge in [0.15, 0.2) is 0 Å². The Balaban J connectivity index is 1.57. The summed E-state index contributed by atoms with van der Waals surface area (Å²) in [5.41, 5.74) is 2.91. The molecule has 0 aliphatic heterocycles. The van der Waals surface area contributed by atoms with E-state index in [4.69, 9.17) is 4.42 Å². The molecule has 6 nitrogen and oxygen atoms in total. The highest BCUT2D eigenvalue weighted by molar-refractivity contribution is 7.80. The largest absolute Gasteiger partial charge is 0.480 e. The van der Waals surface area contributed by atoms with Gasteiger partial charge in [-0.3, -0.25) is 8.86 Å². The fraction of sp³-hybridized carbons (Fsp3) is 0.208. The molecule has 0 saturated carbocycles. The van der Waals surface area contributed by atoms with Crippen LogP contribution in [0, 0.1) is 0 Å². The first kappa shape index (κ1) is 21.1. The van der Waals surface area contributed by atoms with Crippen LogP contribution in [0.3, 0.4) is 0 Å². The maximum atomic E-state index is 12.2. The van der Waals surface area contributed by atoms with E-state index in [0.29, 0.717) is 23.3 Å². The van der Waals surface area contributed by atoms with Crippen LogP contribution in [0.1, 0.15) is 24.8 Å². The van der Waals surface area contributed by atoms with Crippen molar-refractivity contribution in [3.63, 3.8) is 0 Å². The van der Waals surface area contributed by atoms with Gasteiger partial charge in [0.2, 0.25) is 0 Å². The Morgan fingerprint density at radius 2 is 1.65 bits per heavy atom. The summed E-state index contributed by atoms with van der Waals surface area (Å²) >= 11 is -2.49. The molecule has 0 aliphatic carbocycles. The summed E-state index contributed by atoms with van der Waals surface area (Å²) in [5.74, 6) is -1.13. The number of carboxylic acids is 1. The second kappa shape index (κ2) is 9.32. The maximum Gasteiger partial charge on any atom is 0.327 e. The highest BCUT2D eigenvalue weighted by atomic mass is 32.2. The molecule has 2 N–H and O–H groups in total. The van der Waals surface area contributed by atoms with Gasteiger partial charge >= 0.3 is 5.97 Å². The molecular formula is C24H23NO5S. The van der Waals surface area contributed by atoms with Gasteiger partial charge in [-0.05, 0) is 49.1 Å². The van der Waals surface area contributed by atoms with Gasteiger partial charge in [-0.25, -0.2) is 9.00 Å². The highest BCUT2D eigenvalue weighted by Gasteiger charge is 2.30. The van der Waals surface area contributed by atoms with E-state index in [1.807, 2.05) is 54.6 Å². The topological polar surface area (TPSA) is 91.0 Å². The number of aryl methyl sites for hydroxylation is 1. The minimum absolute atomic E-state index is 0.263. The van der Waals surface area contributed by atoms with Crippen LogP contribution in [0.5, 0.6) is 0 Å². The summed E-state index contributed by atoms with van der Waals surface area (Å²) in [6, 6.07) is 21.4. The third-order valence-electron chi connectivity index (χ3n) is 5.39. The number of aliphatic carboxylic acids is 1. The predicted molar refractivity (Wildman–Crippen MR) is 122 cm³/mol. The molecule has 4 aromatic rings. The fourth-order valence-corrected chi connectivity index (χ4v) is 4.59. The van der Waals surface area contributed by atoms with Crippen molar-refractivity contribution >= 4 is 44.9 Å². The van der Waals surface area contributed by atoms with Crippen molar-refractivity contribution in [3.8, 4) is 0 Å². The van der Waals surface area contributed by atoms with Crippen molar-refractivity contribution in [1.82, 2.24) is 0 Å². The number of nitrogens with zero attached hydrogens (tertiary/aromatic N) is 1. The van der Waals surface area contributed by atoms with Crippen LogP contribution >= 0.6 is 0 Å². The molecule has 4 rings (SSSR count). The van der Waals surface area contributed by atoms with Gasteiger partial charge in [-0.15, -0.1) is 0 Å². The van der Waals surface area contributed by atoms with Crippen LogP contribution in [0.4, 0.5) is 5.69 Å². The third kappa shape index (κ3) is 4.62. The average Bonchev–Trinajstić information content (AvgIpc) is 3.14. The molecular weight excluding hydrogens is 414 g/mol. The van der Waals surface area contributed by atoms with Gasteiger partial charge in [0.25, 0.3) is 11.3 Å². The van der Waals surface area contributed by atoms with Crippen LogP contribution in [-0.2, 0) is 22.5 Å². The number of fused-ring (bicyclic) bond motifs is 3. The fourth-order valence-electron chi connectivity index (χ4n) is 3.88. The van der Waals surface area contributed by atoms with Crippen LogP contribution in [0.15, 0.2) is 77.2 Å². The smallest absolute Gasteiger partial charge is 0.327 e. The van der Waals surface area contributed by atoms with Gasteiger partial charge in [0, 0.05) is 10.8 Å². The second-order valence-electron chi connectivity index (χ2n) is 7.42. The van der Waals surface area contributed by atoms with Crippen LogP contribution in [0.2, 0.25) is 0 Å². The molecule has 0 saturated heterocycles. The molecule has 1 aromatic heterocycles. The van der Waals surface area contributed by atoms with Crippen LogP contribution in [-0.4, -0.2) is 25.9 Å². The minimum atomic E-state index is -2.49. The summed E-state index contributed by atoms with van der Waals surface area (Å²) in [4.78, 5) is 12.0. The molecule has 160 valence electrons. The Labute approximate surface area is 182 Å². The van der Waals surface area contributed by atoms with Crippen molar-refractivity contribution in [3.05, 3.63) is 78.4 Å². The highest BCUT2D eigenvalue weighted by Crippen LogP contribution is 2.33. The van der Waals surface area contributed by atoms with E-state index < -0.39 is 23.3 Å². The first-order valence-electron chi connectivity index (χ1n) is 10.1. The number of para-hydroxylation sites is 1. The van der Waals surface area contributed by atoms with E-state index in [9.17, 15) is 18.7 Å². The predicted octanol–water partition coefficient (Wildman–Crippen LogP) is 5.40. The number of hydrogen-bond acceptors (Lipinski definition) is 3. The van der Waals surface area contributed by atoms with E-state index in [0.717, 1.165) is 27.9 Å². The Morgan fingerprint density at radius 3 is 2.39 bits per heavy atom. The standard InChI is InChI=1S/C24H23NO5S/c26-24(27)21(12-6-4-10-17-8-2-1-3-9-17)25(31(28)29)18-14-15-23-20(16-18)19-11-5-7-13-22(19)30-23/h1-3,5,7-9,11,13-16,21H,4,6,10,12H2,(H,26,27)(H,28,29). The zero-order valence-electron chi connectivity index (χ0n) is 16.8. The number of hydrogen-bond donors (Lipinski definition) is 2. The Hall–Kier alpha value is -3.16. The number of benzene rings is 3. The molecule has 0 fully saturated rings. The molecule has 0 spiro atoms. The van der Waals surface area contributed by atoms with Gasteiger partial charge in [0.05, 0.1) is 5.69 Å². The van der Waals surface area contributed by atoms with Gasteiger partial charge in [-0.1, -0.05) is 55.0 Å². The van der Waals surface area contributed by atoms with Crippen molar-refractivity contribution in [1.29, 1.82) is 0 Å². The van der Waals surface area contributed by atoms with Crippen LogP contribution < -0.4 is 4.31 Å². The van der Waals surface area contributed by atoms with Crippen molar-refractivity contribution in [2.75, 3.05) is 4.31 Å². The molecule has 0 aliphatic rings. The molecule has 7 heteroatoms. The number of anilines is 1.